The van der Waals surface area contributed by atoms with Crippen molar-refractivity contribution in [3.8, 4) is 0 Å². The van der Waals surface area contributed by atoms with Crippen LogP contribution in [0.15, 0.2) is 16.4 Å². The fourth-order valence-electron chi connectivity index (χ4n) is 3.45. The summed E-state index contributed by atoms with van der Waals surface area (Å²) in [6.07, 6.45) is 3.17. The average molecular weight is 486 g/mol. The van der Waals surface area contributed by atoms with E-state index in [0.29, 0.717) is 35.3 Å². The maximum Gasteiger partial charge on any atom is 0.352 e. The number of aliphatic carboxylic acids is 2. The highest BCUT2D eigenvalue weighted by Gasteiger charge is 2.53. The second kappa shape index (κ2) is 11.6. The lowest BCUT2D eigenvalue weighted by Crippen LogP contribution is -2.70. The van der Waals surface area contributed by atoms with Crippen LogP contribution in [0.1, 0.15) is 26.2 Å². The highest BCUT2D eigenvalue weighted by molar-refractivity contribution is 8.01. The van der Waals surface area contributed by atoms with Crippen molar-refractivity contribution in [2.75, 3.05) is 31.1 Å². The highest BCUT2D eigenvalue weighted by atomic mass is 32.2. The minimum Gasteiger partial charge on any atom is -0.480 e. The molecule has 1 fully saturated rings. The molecule has 0 aliphatic carbocycles. The summed E-state index contributed by atoms with van der Waals surface area (Å²) in [5.74, 6) is -1.41. The first-order valence-corrected chi connectivity index (χ1v) is 12.4. The summed E-state index contributed by atoms with van der Waals surface area (Å²) in [6.45, 7) is 3.45. The predicted octanol–water partition coefficient (Wildman–Crippen LogP) is -0.158. The van der Waals surface area contributed by atoms with Crippen LogP contribution in [0.5, 0.6) is 0 Å². The van der Waals surface area contributed by atoms with Crippen molar-refractivity contribution in [1.82, 2.24) is 35.7 Å². The molecule has 1 saturated heterocycles. The van der Waals surface area contributed by atoms with E-state index < -0.39 is 11.9 Å². The number of hydrogen-bond donors (Lipinski definition) is 4. The predicted molar refractivity (Wildman–Crippen MR) is 118 cm³/mol. The molecular weight excluding hydrogens is 458 g/mol. The van der Waals surface area contributed by atoms with Gasteiger partial charge in [0.25, 0.3) is 0 Å². The van der Waals surface area contributed by atoms with Crippen LogP contribution < -0.4 is 10.6 Å². The summed E-state index contributed by atoms with van der Waals surface area (Å²) in [5.41, 5.74) is 0.708. The van der Waals surface area contributed by atoms with Gasteiger partial charge in [0.15, 0.2) is 0 Å². The molecule has 176 valence electrons. The SMILES string of the molecule is CCCCCNC1C(=O)N2C(C(=O)O)=C(CSc3nnnn3CCNCC(=O)O)CS[C@@H]12. The number of carboxylic acid groups (broad SMARTS) is 2. The van der Waals surface area contributed by atoms with Crippen molar-refractivity contribution < 1.29 is 24.6 Å². The number of thioether (sulfide) groups is 2. The Morgan fingerprint density at radius 2 is 2.09 bits per heavy atom. The van der Waals surface area contributed by atoms with Crippen molar-refractivity contribution in [2.24, 2.45) is 0 Å². The number of amides is 1. The van der Waals surface area contributed by atoms with Crippen LogP contribution in [-0.4, -0.2) is 95.7 Å². The number of rotatable bonds is 14. The number of nitrogens with zero attached hydrogens (tertiary/aromatic N) is 5. The third-order valence-corrected chi connectivity index (χ3v) is 7.43. The summed E-state index contributed by atoms with van der Waals surface area (Å²) < 4.78 is 1.53. The minimum absolute atomic E-state index is 0.0556. The number of hydrogen-bond acceptors (Lipinski definition) is 10. The Bertz CT molecular complexity index is 878. The van der Waals surface area contributed by atoms with E-state index in [4.69, 9.17) is 5.11 Å². The summed E-state index contributed by atoms with van der Waals surface area (Å²) in [5, 5.41) is 36.3. The molecule has 0 aromatic carbocycles. The monoisotopic (exact) mass is 485 g/mol. The van der Waals surface area contributed by atoms with Crippen LogP contribution in [0.3, 0.4) is 0 Å². The van der Waals surface area contributed by atoms with Gasteiger partial charge in [0.1, 0.15) is 17.1 Å². The lowest BCUT2D eigenvalue weighted by molar-refractivity contribution is -0.149. The molecule has 2 atom stereocenters. The molecule has 2 aliphatic rings. The molecule has 1 aromatic heterocycles. The third-order valence-electron chi connectivity index (χ3n) is 5.05. The molecule has 12 nitrogen and oxygen atoms in total. The Labute approximate surface area is 193 Å². The number of aromatic nitrogens is 4. The van der Waals surface area contributed by atoms with E-state index in [9.17, 15) is 19.5 Å². The van der Waals surface area contributed by atoms with Gasteiger partial charge in [0.2, 0.25) is 11.1 Å². The van der Waals surface area contributed by atoms with Crippen molar-refractivity contribution in [3.05, 3.63) is 11.3 Å². The standard InChI is InChI=1S/C18H27N7O5S2/c1-2-3-4-5-20-13-15(28)25-14(17(29)30)11(9-31-16(13)25)10-32-18-21-22-23-24(18)7-6-19-8-12(26)27/h13,16,19-20H,2-10H2,1H3,(H,26,27)(H,29,30)/t13?,16-/m0/s1. The van der Waals surface area contributed by atoms with Crippen molar-refractivity contribution >= 4 is 41.4 Å². The van der Waals surface area contributed by atoms with E-state index in [1.54, 1.807) is 11.8 Å². The van der Waals surface area contributed by atoms with Gasteiger partial charge in [-0.2, -0.15) is 0 Å². The fourth-order valence-corrected chi connectivity index (χ4v) is 5.87. The lowest BCUT2D eigenvalue weighted by atomic mass is 10.0. The molecule has 1 amide bonds. The first kappa shape index (κ1) is 24.5. The van der Waals surface area contributed by atoms with E-state index >= 15 is 0 Å². The zero-order valence-corrected chi connectivity index (χ0v) is 19.3. The quantitative estimate of drug-likeness (QED) is 0.157. The fraction of sp³-hybridized carbons (Fsp3) is 0.667. The van der Waals surface area contributed by atoms with E-state index in [0.717, 1.165) is 25.8 Å². The summed E-state index contributed by atoms with van der Waals surface area (Å²) in [7, 11) is 0. The largest absolute Gasteiger partial charge is 0.480 e. The van der Waals surface area contributed by atoms with Crippen LogP contribution >= 0.6 is 23.5 Å². The molecule has 1 aromatic rings. The maximum absolute atomic E-state index is 12.7. The van der Waals surface area contributed by atoms with E-state index in [-0.39, 0.29) is 29.6 Å². The van der Waals surface area contributed by atoms with Gasteiger partial charge in [-0.15, -0.1) is 16.9 Å². The first-order valence-electron chi connectivity index (χ1n) is 10.4. The molecule has 0 saturated carbocycles. The third kappa shape index (κ3) is 5.79. The Hall–Kier alpha value is -2.16. The molecule has 0 spiro atoms. The summed E-state index contributed by atoms with van der Waals surface area (Å²) >= 11 is 2.85. The second-order valence-corrected chi connectivity index (χ2v) is 9.40. The molecule has 3 rings (SSSR count). The van der Waals surface area contributed by atoms with Crippen molar-refractivity contribution in [3.63, 3.8) is 0 Å². The number of tetrazole rings is 1. The number of carboxylic acids is 2. The lowest BCUT2D eigenvalue weighted by Gasteiger charge is -2.49. The van der Waals surface area contributed by atoms with Gasteiger partial charge in [0.05, 0.1) is 13.1 Å². The normalized spacial score (nSPS) is 20.3. The van der Waals surface area contributed by atoms with Gasteiger partial charge in [-0.1, -0.05) is 31.5 Å². The molecule has 2 aliphatic heterocycles. The smallest absolute Gasteiger partial charge is 0.352 e. The molecule has 14 heteroatoms. The van der Waals surface area contributed by atoms with Crippen molar-refractivity contribution in [1.29, 1.82) is 0 Å². The summed E-state index contributed by atoms with van der Waals surface area (Å²) in [4.78, 5) is 36.6. The number of β-lactam (4-membered cyclic amide) rings is 1. The number of unbranched alkanes of at least 4 members (excludes halogenated alkanes) is 2. The highest BCUT2D eigenvalue weighted by Crippen LogP contribution is 2.41. The molecule has 3 heterocycles. The Morgan fingerprint density at radius 3 is 2.81 bits per heavy atom. The first-order chi connectivity index (χ1) is 15.4. The van der Waals surface area contributed by atoms with Gasteiger partial charge in [0, 0.05) is 18.1 Å². The summed E-state index contributed by atoms with van der Waals surface area (Å²) in [6, 6.07) is -0.342. The zero-order valence-electron chi connectivity index (χ0n) is 17.7. The molecule has 32 heavy (non-hydrogen) atoms. The zero-order chi connectivity index (χ0) is 23.1. The molecule has 0 bridgehead atoms. The van der Waals surface area contributed by atoms with E-state index in [2.05, 4.69) is 33.1 Å². The van der Waals surface area contributed by atoms with Gasteiger partial charge in [-0.25, -0.2) is 9.48 Å². The Balaban J connectivity index is 1.59. The van der Waals surface area contributed by atoms with E-state index in [1.165, 1.54) is 21.3 Å². The van der Waals surface area contributed by atoms with Gasteiger partial charge >= 0.3 is 11.9 Å². The topological polar surface area (TPSA) is 163 Å². The van der Waals surface area contributed by atoms with Gasteiger partial charge < -0.3 is 20.8 Å². The van der Waals surface area contributed by atoms with Gasteiger partial charge in [-0.3, -0.25) is 14.5 Å². The Kier molecular flexibility index (Phi) is 8.90. The number of carbonyl (C=O) groups excluding carboxylic acids is 1. The number of carbonyl (C=O) groups is 3. The minimum atomic E-state index is -1.11. The van der Waals surface area contributed by atoms with Crippen LogP contribution in [0.25, 0.3) is 0 Å². The number of nitrogens with one attached hydrogen (secondary N) is 2. The molecule has 0 radical (unpaired) electrons. The van der Waals surface area contributed by atoms with Crippen LogP contribution in [0.2, 0.25) is 0 Å². The van der Waals surface area contributed by atoms with Crippen LogP contribution in [0, 0.1) is 0 Å². The molecular formula is C18H27N7O5S2. The van der Waals surface area contributed by atoms with Crippen LogP contribution in [-0.2, 0) is 20.9 Å². The average Bonchev–Trinajstić information content (AvgIpc) is 3.21. The second-order valence-electron chi connectivity index (χ2n) is 7.35. The van der Waals surface area contributed by atoms with E-state index in [1.807, 2.05) is 0 Å². The molecule has 1 unspecified atom stereocenters. The maximum atomic E-state index is 12.7. The molecule has 4 N–H and O–H groups in total. The Morgan fingerprint density at radius 1 is 1.28 bits per heavy atom. The van der Waals surface area contributed by atoms with Crippen molar-refractivity contribution in [2.45, 2.75) is 49.3 Å². The van der Waals surface area contributed by atoms with Gasteiger partial charge in [-0.05, 0) is 29.0 Å². The van der Waals surface area contributed by atoms with Crippen LogP contribution in [0.4, 0.5) is 0 Å². The number of fused-ring (bicyclic) bond motifs is 1.